The molecule has 0 saturated carbocycles. The van der Waals surface area contributed by atoms with Gasteiger partial charge < -0.3 is 15.3 Å². The van der Waals surface area contributed by atoms with Crippen molar-refractivity contribution in [3.63, 3.8) is 0 Å². The van der Waals surface area contributed by atoms with Crippen LogP contribution in [0.1, 0.15) is 15.9 Å². The zero-order valence-corrected chi connectivity index (χ0v) is 15.0. The van der Waals surface area contributed by atoms with Gasteiger partial charge in [0.1, 0.15) is 0 Å². The van der Waals surface area contributed by atoms with E-state index < -0.39 is 6.10 Å². The molecule has 1 amide bonds. The number of nitrogens with zero attached hydrogens (tertiary/aromatic N) is 4. The summed E-state index contributed by atoms with van der Waals surface area (Å²) in [5, 5.41) is 14.4. The molecule has 0 radical (unpaired) electrons. The highest BCUT2D eigenvalue weighted by Crippen LogP contribution is 2.26. The predicted octanol–water partition coefficient (Wildman–Crippen LogP) is 1.74. The Labute approximate surface area is 157 Å². The molecule has 3 heterocycles. The third kappa shape index (κ3) is 3.46. The van der Waals surface area contributed by atoms with Crippen LogP contribution in [0.4, 0.5) is 5.95 Å². The number of carbonyl (C=O) groups is 1. The molecule has 2 atom stereocenters. The van der Waals surface area contributed by atoms with Crippen molar-refractivity contribution >= 4 is 22.8 Å². The monoisotopic (exact) mass is 363 g/mol. The van der Waals surface area contributed by atoms with E-state index >= 15 is 0 Å². The number of β-amino-alcohol motifs (C(OH)–C–C–N with tert-alkyl or cyclic N) is 1. The fraction of sp³-hybridized carbons (Fsp3) is 0.300. The van der Waals surface area contributed by atoms with Crippen molar-refractivity contribution in [3.05, 3.63) is 60.0 Å². The molecule has 0 unspecified atom stereocenters. The molecule has 1 aliphatic heterocycles. The Morgan fingerprint density at radius 2 is 1.96 bits per heavy atom. The van der Waals surface area contributed by atoms with Gasteiger partial charge in [0.2, 0.25) is 5.95 Å². The molecular formula is C20H21N5O2. The Kier molecular flexibility index (Phi) is 4.68. The molecule has 27 heavy (non-hydrogen) atoms. The maximum Gasteiger partial charge on any atom is 0.257 e. The van der Waals surface area contributed by atoms with Gasteiger partial charge in [-0.2, -0.15) is 0 Å². The number of likely N-dealkylation sites (tertiary alicyclic amines) is 1. The van der Waals surface area contributed by atoms with Gasteiger partial charge in [0.15, 0.2) is 0 Å². The number of hydrogen-bond acceptors (Lipinski definition) is 6. The Hall–Kier alpha value is -3.06. The number of aliphatic hydroxyl groups excluding tert-OH is 1. The van der Waals surface area contributed by atoms with Crippen molar-refractivity contribution in [2.75, 3.05) is 25.5 Å². The lowest BCUT2D eigenvalue weighted by Crippen LogP contribution is -2.29. The zero-order valence-electron chi connectivity index (χ0n) is 15.0. The van der Waals surface area contributed by atoms with Gasteiger partial charge in [-0.15, -0.1) is 0 Å². The van der Waals surface area contributed by atoms with Gasteiger partial charge in [0.25, 0.3) is 5.91 Å². The van der Waals surface area contributed by atoms with Gasteiger partial charge >= 0.3 is 0 Å². The maximum atomic E-state index is 12.7. The van der Waals surface area contributed by atoms with Crippen LogP contribution in [0.3, 0.4) is 0 Å². The van der Waals surface area contributed by atoms with E-state index in [2.05, 4.69) is 20.3 Å². The van der Waals surface area contributed by atoms with Crippen LogP contribution < -0.4 is 5.32 Å². The third-order valence-electron chi connectivity index (χ3n) is 5.04. The lowest BCUT2D eigenvalue weighted by molar-refractivity contribution is 0.0764. The van der Waals surface area contributed by atoms with Gasteiger partial charge in [-0.3, -0.25) is 9.78 Å². The standard InChI is InChI=1S/C20H21N5O2/c1-21-20-23-9-15(10-24-20)19(27)25-11-14(18(26)12-25)8-13-6-7-22-17-5-3-2-4-16(13)17/h2-7,9-10,14,18,26H,8,11-12H2,1H3,(H,21,23,24)/t14-,18-/m1/s1. The number of nitrogens with one attached hydrogen (secondary N) is 1. The number of fused-ring (bicyclic) bond motifs is 1. The number of para-hydroxylation sites is 1. The number of anilines is 1. The quantitative estimate of drug-likeness (QED) is 0.734. The largest absolute Gasteiger partial charge is 0.391 e. The Morgan fingerprint density at radius 3 is 2.74 bits per heavy atom. The maximum absolute atomic E-state index is 12.7. The molecule has 1 saturated heterocycles. The van der Waals surface area contributed by atoms with Crippen molar-refractivity contribution in [2.24, 2.45) is 5.92 Å². The number of aromatic nitrogens is 3. The molecule has 1 aromatic carbocycles. The van der Waals surface area contributed by atoms with E-state index in [0.717, 1.165) is 16.5 Å². The van der Waals surface area contributed by atoms with E-state index in [1.165, 1.54) is 12.4 Å². The van der Waals surface area contributed by atoms with E-state index in [1.807, 2.05) is 30.3 Å². The minimum absolute atomic E-state index is 0.0164. The zero-order chi connectivity index (χ0) is 18.8. The summed E-state index contributed by atoms with van der Waals surface area (Å²) in [6, 6.07) is 9.97. The molecule has 2 N–H and O–H groups in total. The number of pyridine rings is 1. The fourth-order valence-corrected chi connectivity index (χ4v) is 3.59. The van der Waals surface area contributed by atoms with Crippen LogP contribution in [0.25, 0.3) is 10.9 Å². The normalized spacial score (nSPS) is 19.4. The lowest BCUT2D eigenvalue weighted by Gasteiger charge is -2.16. The van der Waals surface area contributed by atoms with E-state index in [4.69, 9.17) is 0 Å². The number of rotatable bonds is 4. The minimum Gasteiger partial charge on any atom is -0.391 e. The van der Waals surface area contributed by atoms with E-state index in [-0.39, 0.29) is 11.8 Å². The topological polar surface area (TPSA) is 91.2 Å². The molecule has 4 rings (SSSR count). The first-order chi connectivity index (χ1) is 13.2. The molecule has 138 valence electrons. The minimum atomic E-state index is -0.557. The summed E-state index contributed by atoms with van der Waals surface area (Å²) >= 11 is 0. The molecule has 3 aromatic rings. The fourth-order valence-electron chi connectivity index (χ4n) is 3.59. The highest BCUT2D eigenvalue weighted by atomic mass is 16.3. The van der Waals surface area contributed by atoms with Gasteiger partial charge in [-0.1, -0.05) is 18.2 Å². The molecule has 0 spiro atoms. The third-order valence-corrected chi connectivity index (χ3v) is 5.04. The molecule has 0 bridgehead atoms. The SMILES string of the molecule is CNc1ncc(C(=O)N2C[C@@H](Cc3ccnc4ccccc34)[C@H](O)C2)cn1. The van der Waals surface area contributed by atoms with Crippen LogP contribution in [-0.4, -0.2) is 57.1 Å². The summed E-state index contributed by atoms with van der Waals surface area (Å²) < 4.78 is 0. The molecule has 1 aliphatic rings. The van der Waals surface area contributed by atoms with Crippen LogP contribution in [0.5, 0.6) is 0 Å². The van der Waals surface area contributed by atoms with Crippen LogP contribution in [0, 0.1) is 5.92 Å². The predicted molar refractivity (Wildman–Crippen MR) is 102 cm³/mol. The van der Waals surface area contributed by atoms with Crippen molar-refractivity contribution in [1.82, 2.24) is 19.9 Å². The van der Waals surface area contributed by atoms with Crippen LogP contribution in [-0.2, 0) is 6.42 Å². The highest BCUT2D eigenvalue weighted by Gasteiger charge is 2.34. The van der Waals surface area contributed by atoms with Gasteiger partial charge in [0, 0.05) is 50.0 Å². The first-order valence-corrected chi connectivity index (χ1v) is 8.95. The number of benzene rings is 1. The van der Waals surface area contributed by atoms with Gasteiger partial charge in [-0.05, 0) is 24.1 Å². The average Bonchev–Trinajstić information content (AvgIpc) is 3.08. The van der Waals surface area contributed by atoms with E-state index in [1.54, 1.807) is 18.1 Å². The summed E-state index contributed by atoms with van der Waals surface area (Å²) in [5.41, 5.74) is 2.51. The molecule has 7 heteroatoms. The Morgan fingerprint density at radius 1 is 1.19 bits per heavy atom. The Balaban J connectivity index is 1.50. The molecule has 0 aliphatic carbocycles. The summed E-state index contributed by atoms with van der Waals surface area (Å²) in [5.74, 6) is 0.298. The Bertz CT molecular complexity index is 955. The van der Waals surface area contributed by atoms with Crippen molar-refractivity contribution in [1.29, 1.82) is 0 Å². The number of amides is 1. The molecular weight excluding hydrogens is 342 g/mol. The second-order valence-electron chi connectivity index (χ2n) is 6.77. The lowest BCUT2D eigenvalue weighted by atomic mass is 9.94. The molecule has 2 aromatic heterocycles. The van der Waals surface area contributed by atoms with E-state index in [9.17, 15) is 9.90 Å². The summed E-state index contributed by atoms with van der Waals surface area (Å²) in [6.07, 6.45) is 4.96. The number of carbonyl (C=O) groups excluding carboxylic acids is 1. The number of hydrogen-bond donors (Lipinski definition) is 2. The van der Waals surface area contributed by atoms with Crippen molar-refractivity contribution in [3.8, 4) is 0 Å². The van der Waals surface area contributed by atoms with Crippen LogP contribution >= 0.6 is 0 Å². The molecule has 1 fully saturated rings. The summed E-state index contributed by atoms with van der Waals surface area (Å²) in [6.45, 7) is 0.824. The van der Waals surface area contributed by atoms with Gasteiger partial charge in [-0.25, -0.2) is 9.97 Å². The van der Waals surface area contributed by atoms with E-state index in [0.29, 0.717) is 31.0 Å². The summed E-state index contributed by atoms with van der Waals surface area (Å²) in [4.78, 5) is 27.0. The van der Waals surface area contributed by atoms with Gasteiger partial charge in [0.05, 0.1) is 17.2 Å². The van der Waals surface area contributed by atoms with Crippen molar-refractivity contribution in [2.45, 2.75) is 12.5 Å². The second kappa shape index (κ2) is 7.28. The van der Waals surface area contributed by atoms with Crippen LogP contribution in [0.15, 0.2) is 48.9 Å². The van der Waals surface area contributed by atoms with Crippen molar-refractivity contribution < 1.29 is 9.90 Å². The highest BCUT2D eigenvalue weighted by molar-refractivity contribution is 5.94. The number of aliphatic hydroxyl groups is 1. The molecule has 7 nitrogen and oxygen atoms in total. The van der Waals surface area contributed by atoms with Crippen LogP contribution in [0.2, 0.25) is 0 Å². The summed E-state index contributed by atoms with van der Waals surface area (Å²) in [7, 11) is 1.72. The smallest absolute Gasteiger partial charge is 0.257 e. The second-order valence-corrected chi connectivity index (χ2v) is 6.77. The first kappa shape index (κ1) is 17.4. The average molecular weight is 363 g/mol. The first-order valence-electron chi connectivity index (χ1n) is 8.95.